The van der Waals surface area contributed by atoms with Crippen LogP contribution in [0.25, 0.3) is 0 Å². The Kier molecular flexibility index (Phi) is 3.36. The third-order valence-corrected chi connectivity index (χ3v) is 1.75. The normalized spacial score (nSPS) is 24.6. The molecule has 0 aromatic rings. The van der Waals surface area contributed by atoms with Gasteiger partial charge in [-0.3, -0.25) is 4.79 Å². The molecular formula is C8H14O3. The van der Waals surface area contributed by atoms with Crippen LogP contribution in [-0.2, 0) is 14.3 Å². The van der Waals surface area contributed by atoms with Crippen LogP contribution in [0.4, 0.5) is 0 Å². The van der Waals surface area contributed by atoms with Crippen molar-refractivity contribution in [2.45, 2.75) is 32.3 Å². The Labute approximate surface area is 66.7 Å². The molecule has 0 radical (unpaired) electrons. The maximum absolute atomic E-state index is 10.4. The van der Waals surface area contributed by atoms with Crippen LogP contribution >= 0.6 is 0 Å². The van der Waals surface area contributed by atoms with Gasteiger partial charge in [0.15, 0.2) is 0 Å². The first-order valence-corrected chi connectivity index (χ1v) is 4.04. The number of ether oxygens (including phenoxy) is 2. The fraction of sp³-hybridized carbons (Fsp3) is 0.875. The largest absolute Gasteiger partial charge is 0.463 e. The molecule has 0 saturated carbocycles. The van der Waals surface area contributed by atoms with E-state index in [1.807, 2.05) is 0 Å². The van der Waals surface area contributed by atoms with Crippen LogP contribution in [0.1, 0.15) is 26.2 Å². The highest BCUT2D eigenvalue weighted by Gasteiger charge is 2.14. The van der Waals surface area contributed by atoms with Crippen LogP contribution in [0.15, 0.2) is 0 Å². The Morgan fingerprint density at radius 1 is 1.64 bits per heavy atom. The molecular weight excluding hydrogens is 144 g/mol. The summed E-state index contributed by atoms with van der Waals surface area (Å²) in [6, 6.07) is 0. The first-order valence-electron chi connectivity index (χ1n) is 4.04. The highest BCUT2D eigenvalue weighted by atomic mass is 16.6. The van der Waals surface area contributed by atoms with Crippen LogP contribution in [0.3, 0.4) is 0 Å². The summed E-state index contributed by atoms with van der Waals surface area (Å²) in [5, 5.41) is 0. The van der Waals surface area contributed by atoms with Crippen molar-refractivity contribution >= 4 is 5.97 Å². The molecule has 0 unspecified atom stereocenters. The van der Waals surface area contributed by atoms with Gasteiger partial charge in [0.25, 0.3) is 0 Å². The molecule has 0 aliphatic carbocycles. The van der Waals surface area contributed by atoms with Crippen molar-refractivity contribution in [2.75, 3.05) is 13.2 Å². The van der Waals surface area contributed by atoms with E-state index in [-0.39, 0.29) is 12.1 Å². The number of hydrogen-bond donors (Lipinski definition) is 0. The highest BCUT2D eigenvalue weighted by Crippen LogP contribution is 2.12. The van der Waals surface area contributed by atoms with E-state index < -0.39 is 0 Å². The van der Waals surface area contributed by atoms with Gasteiger partial charge < -0.3 is 9.47 Å². The van der Waals surface area contributed by atoms with E-state index in [1.165, 1.54) is 13.3 Å². The molecule has 1 aliphatic heterocycles. The Hall–Kier alpha value is -0.570. The summed E-state index contributed by atoms with van der Waals surface area (Å²) >= 11 is 0. The second-order valence-corrected chi connectivity index (χ2v) is 2.79. The van der Waals surface area contributed by atoms with E-state index >= 15 is 0 Å². The third-order valence-electron chi connectivity index (χ3n) is 1.75. The van der Waals surface area contributed by atoms with Gasteiger partial charge in [-0.25, -0.2) is 0 Å². The second kappa shape index (κ2) is 4.34. The summed E-state index contributed by atoms with van der Waals surface area (Å²) in [7, 11) is 0. The van der Waals surface area contributed by atoms with Crippen molar-refractivity contribution < 1.29 is 14.3 Å². The summed E-state index contributed by atoms with van der Waals surface area (Å²) < 4.78 is 10.2. The maximum atomic E-state index is 10.4. The van der Waals surface area contributed by atoms with Crippen molar-refractivity contribution in [2.24, 2.45) is 0 Å². The summed E-state index contributed by atoms with van der Waals surface area (Å²) in [5.74, 6) is -0.223. The van der Waals surface area contributed by atoms with Crippen LogP contribution in [0.5, 0.6) is 0 Å². The van der Waals surface area contributed by atoms with Crippen LogP contribution in [0.2, 0.25) is 0 Å². The molecule has 0 N–H and O–H groups in total. The highest BCUT2D eigenvalue weighted by molar-refractivity contribution is 5.65. The fourth-order valence-electron chi connectivity index (χ4n) is 1.15. The van der Waals surface area contributed by atoms with Gasteiger partial charge in [-0.2, -0.15) is 0 Å². The molecule has 1 atom stereocenters. The molecule has 0 bridgehead atoms. The minimum absolute atomic E-state index is 0.146. The Bertz CT molecular complexity index is 127. The zero-order chi connectivity index (χ0) is 8.10. The molecule has 64 valence electrons. The Morgan fingerprint density at radius 2 is 2.45 bits per heavy atom. The van der Waals surface area contributed by atoms with Crippen molar-refractivity contribution in [1.82, 2.24) is 0 Å². The minimum Gasteiger partial charge on any atom is -0.463 e. The van der Waals surface area contributed by atoms with Gasteiger partial charge in [0.05, 0.1) is 6.10 Å². The molecule has 1 saturated heterocycles. The first kappa shape index (κ1) is 8.53. The summed E-state index contributed by atoms with van der Waals surface area (Å²) in [6.07, 6.45) is 3.49. The molecule has 3 nitrogen and oxygen atoms in total. The monoisotopic (exact) mass is 158 g/mol. The molecule has 1 aliphatic rings. The van der Waals surface area contributed by atoms with Gasteiger partial charge in [-0.05, 0) is 19.3 Å². The average Bonchev–Trinajstić information content (AvgIpc) is 2.03. The van der Waals surface area contributed by atoms with Crippen molar-refractivity contribution in [1.29, 1.82) is 0 Å². The summed E-state index contributed by atoms with van der Waals surface area (Å²) in [6.45, 7) is 2.66. The molecule has 1 rings (SSSR count). The van der Waals surface area contributed by atoms with E-state index in [9.17, 15) is 4.79 Å². The maximum Gasteiger partial charge on any atom is 0.302 e. The molecule has 0 amide bonds. The fourth-order valence-corrected chi connectivity index (χ4v) is 1.15. The molecule has 1 fully saturated rings. The van der Waals surface area contributed by atoms with E-state index in [4.69, 9.17) is 9.47 Å². The van der Waals surface area contributed by atoms with Gasteiger partial charge in [0.2, 0.25) is 0 Å². The van der Waals surface area contributed by atoms with Gasteiger partial charge in [-0.1, -0.05) is 0 Å². The topological polar surface area (TPSA) is 35.5 Å². The van der Waals surface area contributed by atoms with Gasteiger partial charge >= 0.3 is 5.97 Å². The molecule has 3 heteroatoms. The van der Waals surface area contributed by atoms with E-state index in [1.54, 1.807) is 0 Å². The van der Waals surface area contributed by atoms with E-state index in [0.717, 1.165) is 19.4 Å². The molecule has 0 spiro atoms. The second-order valence-electron chi connectivity index (χ2n) is 2.79. The minimum atomic E-state index is -0.223. The van der Waals surface area contributed by atoms with Crippen molar-refractivity contribution in [3.8, 4) is 0 Å². The standard InChI is InChI=1S/C8H14O3/c1-7(9)11-6-8-4-2-3-5-10-8/h8H,2-6H2,1H3/t8-/m0/s1. The number of carbonyl (C=O) groups is 1. The smallest absolute Gasteiger partial charge is 0.302 e. The Morgan fingerprint density at radius 3 is 3.00 bits per heavy atom. The lowest BCUT2D eigenvalue weighted by atomic mass is 10.1. The van der Waals surface area contributed by atoms with E-state index in [0.29, 0.717) is 6.61 Å². The lowest BCUT2D eigenvalue weighted by Crippen LogP contribution is -2.25. The van der Waals surface area contributed by atoms with Crippen LogP contribution < -0.4 is 0 Å². The number of carbonyl (C=O) groups excluding carboxylic acids is 1. The summed E-state index contributed by atoms with van der Waals surface area (Å²) in [4.78, 5) is 10.4. The van der Waals surface area contributed by atoms with Gasteiger partial charge in [0.1, 0.15) is 6.61 Å². The average molecular weight is 158 g/mol. The van der Waals surface area contributed by atoms with Gasteiger partial charge in [0, 0.05) is 13.5 Å². The van der Waals surface area contributed by atoms with Crippen LogP contribution in [0, 0.1) is 0 Å². The molecule has 1 heterocycles. The molecule has 11 heavy (non-hydrogen) atoms. The number of esters is 1. The summed E-state index contributed by atoms with van der Waals surface area (Å²) in [5.41, 5.74) is 0. The van der Waals surface area contributed by atoms with E-state index in [2.05, 4.69) is 0 Å². The number of rotatable bonds is 2. The predicted octanol–water partition coefficient (Wildman–Crippen LogP) is 1.12. The zero-order valence-electron chi connectivity index (χ0n) is 6.84. The van der Waals surface area contributed by atoms with Crippen LogP contribution in [-0.4, -0.2) is 25.3 Å². The first-order chi connectivity index (χ1) is 5.29. The predicted molar refractivity (Wildman–Crippen MR) is 40.2 cm³/mol. The van der Waals surface area contributed by atoms with Crippen molar-refractivity contribution in [3.05, 3.63) is 0 Å². The SMILES string of the molecule is CC(=O)OC[C@@H]1CCCCO1. The molecule has 0 aromatic heterocycles. The quantitative estimate of drug-likeness (QED) is 0.565. The Balaban J connectivity index is 2.09. The lowest BCUT2D eigenvalue weighted by Gasteiger charge is -2.21. The molecule has 0 aromatic carbocycles. The third kappa shape index (κ3) is 3.37. The van der Waals surface area contributed by atoms with Crippen molar-refractivity contribution in [3.63, 3.8) is 0 Å². The van der Waals surface area contributed by atoms with Gasteiger partial charge in [-0.15, -0.1) is 0 Å². The lowest BCUT2D eigenvalue weighted by molar-refractivity contribution is -0.146. The zero-order valence-corrected chi connectivity index (χ0v) is 6.84. The number of hydrogen-bond acceptors (Lipinski definition) is 3.